The normalized spacial score (nSPS) is 9.71. The minimum atomic E-state index is -0.264. The number of nitrogens with one attached hydrogen (secondary N) is 2. The lowest BCUT2D eigenvalue weighted by molar-refractivity contribution is -0.114. The summed E-state index contributed by atoms with van der Waals surface area (Å²) in [7, 11) is 1.63. The average molecular weight is 252 g/mol. The van der Waals surface area contributed by atoms with Gasteiger partial charge in [-0.2, -0.15) is 0 Å². The predicted molar refractivity (Wildman–Crippen MR) is 72.2 cm³/mol. The Bertz CT molecular complexity index is 368. The Kier molecular flexibility index (Phi) is 6.21. The number of carbonyl (C=O) groups is 1. The number of ether oxygens (including phenoxy) is 1. The molecule has 0 atom stereocenters. The number of rotatable bonds is 5. The van der Waals surface area contributed by atoms with Gasteiger partial charge in [0.15, 0.2) is 4.99 Å². The summed E-state index contributed by atoms with van der Waals surface area (Å²) in [5.74, 6) is -0.264. The Morgan fingerprint density at radius 2 is 2.06 bits per heavy atom. The lowest BCUT2D eigenvalue weighted by Gasteiger charge is -2.08. The van der Waals surface area contributed by atoms with Gasteiger partial charge in [-0.15, -0.1) is 0 Å². The van der Waals surface area contributed by atoms with Gasteiger partial charge >= 0.3 is 0 Å². The van der Waals surface area contributed by atoms with Crippen molar-refractivity contribution in [2.24, 2.45) is 0 Å². The second-order valence-corrected chi connectivity index (χ2v) is 3.83. The van der Waals surface area contributed by atoms with E-state index in [2.05, 4.69) is 10.6 Å². The first-order valence-corrected chi connectivity index (χ1v) is 5.78. The van der Waals surface area contributed by atoms with Crippen LogP contribution in [0.4, 0.5) is 5.69 Å². The van der Waals surface area contributed by atoms with Crippen molar-refractivity contribution in [1.82, 2.24) is 5.32 Å². The van der Waals surface area contributed by atoms with Crippen LogP contribution in [0.2, 0.25) is 0 Å². The molecule has 0 saturated heterocycles. The summed E-state index contributed by atoms with van der Waals surface area (Å²) in [5.41, 5.74) is 0.810. The molecule has 92 valence electrons. The Balaban J connectivity index is 2.30. The zero-order chi connectivity index (χ0) is 12.5. The van der Waals surface area contributed by atoms with Crippen LogP contribution in [0, 0.1) is 0 Å². The van der Waals surface area contributed by atoms with Crippen molar-refractivity contribution in [3.8, 4) is 0 Å². The highest BCUT2D eigenvalue weighted by molar-refractivity contribution is 7.82. The van der Waals surface area contributed by atoms with E-state index in [1.807, 2.05) is 30.3 Å². The molecular formula is C12H16N2O2S. The van der Waals surface area contributed by atoms with Crippen LogP contribution in [0.25, 0.3) is 0 Å². The van der Waals surface area contributed by atoms with Crippen molar-refractivity contribution >= 4 is 28.8 Å². The number of amides is 1. The summed E-state index contributed by atoms with van der Waals surface area (Å²) in [5, 5.41) is 5.59. The Hall–Kier alpha value is -1.46. The van der Waals surface area contributed by atoms with Crippen LogP contribution >= 0.6 is 12.2 Å². The molecule has 0 aliphatic carbocycles. The zero-order valence-corrected chi connectivity index (χ0v) is 10.5. The summed E-state index contributed by atoms with van der Waals surface area (Å²) in [4.78, 5) is 11.7. The van der Waals surface area contributed by atoms with Crippen molar-refractivity contribution in [1.29, 1.82) is 0 Å². The van der Waals surface area contributed by atoms with Gasteiger partial charge in [0.2, 0.25) is 0 Å². The van der Waals surface area contributed by atoms with Crippen LogP contribution in [-0.4, -0.2) is 31.2 Å². The molecular weight excluding hydrogens is 236 g/mol. The van der Waals surface area contributed by atoms with Crippen molar-refractivity contribution in [2.45, 2.75) is 6.42 Å². The molecule has 1 rings (SSSR count). The minimum absolute atomic E-state index is 0.175. The van der Waals surface area contributed by atoms with Crippen LogP contribution < -0.4 is 10.6 Å². The lowest BCUT2D eigenvalue weighted by Crippen LogP contribution is -2.35. The van der Waals surface area contributed by atoms with E-state index >= 15 is 0 Å². The maximum atomic E-state index is 11.6. The van der Waals surface area contributed by atoms with Gasteiger partial charge in [0, 0.05) is 25.9 Å². The van der Waals surface area contributed by atoms with Crippen LogP contribution in [0.5, 0.6) is 0 Å². The topological polar surface area (TPSA) is 50.4 Å². The van der Waals surface area contributed by atoms with Gasteiger partial charge in [-0.05, 0) is 18.6 Å². The molecule has 4 nitrogen and oxygen atoms in total. The molecule has 5 heteroatoms. The molecule has 1 aromatic carbocycles. The van der Waals surface area contributed by atoms with E-state index in [1.54, 1.807) is 7.11 Å². The van der Waals surface area contributed by atoms with Gasteiger partial charge < -0.3 is 15.4 Å². The number of benzene rings is 1. The van der Waals surface area contributed by atoms with E-state index in [4.69, 9.17) is 17.0 Å². The molecule has 1 aromatic rings. The van der Waals surface area contributed by atoms with Gasteiger partial charge in [-0.1, -0.05) is 30.4 Å². The van der Waals surface area contributed by atoms with Crippen molar-refractivity contribution in [2.75, 3.05) is 25.6 Å². The Morgan fingerprint density at radius 1 is 1.35 bits per heavy atom. The maximum absolute atomic E-state index is 11.6. The number of para-hydroxylation sites is 1. The largest absolute Gasteiger partial charge is 0.385 e. The highest BCUT2D eigenvalue weighted by Crippen LogP contribution is 2.04. The number of hydrogen-bond donors (Lipinski definition) is 2. The molecule has 1 amide bonds. The third-order valence-corrected chi connectivity index (χ3v) is 2.34. The van der Waals surface area contributed by atoms with Crippen LogP contribution in [0.3, 0.4) is 0 Å². The fraction of sp³-hybridized carbons (Fsp3) is 0.333. The molecule has 0 heterocycles. The summed E-state index contributed by atoms with van der Waals surface area (Å²) in [6, 6.07) is 9.36. The number of anilines is 1. The van der Waals surface area contributed by atoms with Crippen molar-refractivity contribution in [3.63, 3.8) is 0 Å². The Labute approximate surface area is 106 Å². The molecule has 0 bridgehead atoms. The number of hydrogen-bond acceptors (Lipinski definition) is 3. The SMILES string of the molecule is COCCCNC(=O)C(=S)Nc1ccccc1. The fourth-order valence-corrected chi connectivity index (χ4v) is 1.40. The first-order chi connectivity index (χ1) is 8.24. The average Bonchev–Trinajstić information content (AvgIpc) is 2.35. The quantitative estimate of drug-likeness (QED) is 0.617. The van der Waals surface area contributed by atoms with E-state index < -0.39 is 0 Å². The van der Waals surface area contributed by atoms with E-state index in [0.717, 1.165) is 12.1 Å². The second kappa shape index (κ2) is 7.76. The first kappa shape index (κ1) is 13.6. The molecule has 0 fully saturated rings. The predicted octanol–water partition coefficient (Wildman–Crippen LogP) is 1.58. The van der Waals surface area contributed by atoms with Crippen LogP contribution in [0.15, 0.2) is 30.3 Å². The lowest BCUT2D eigenvalue weighted by atomic mass is 10.3. The van der Waals surface area contributed by atoms with Crippen molar-refractivity contribution < 1.29 is 9.53 Å². The smallest absolute Gasteiger partial charge is 0.279 e. The molecule has 0 unspecified atom stereocenters. The number of carbonyl (C=O) groups excluding carboxylic acids is 1. The monoisotopic (exact) mass is 252 g/mol. The highest BCUT2D eigenvalue weighted by atomic mass is 32.1. The summed E-state index contributed by atoms with van der Waals surface area (Å²) >= 11 is 4.98. The van der Waals surface area contributed by atoms with E-state index in [0.29, 0.717) is 13.2 Å². The van der Waals surface area contributed by atoms with Gasteiger partial charge in [-0.25, -0.2) is 0 Å². The summed E-state index contributed by atoms with van der Waals surface area (Å²) < 4.78 is 4.88. The summed E-state index contributed by atoms with van der Waals surface area (Å²) in [6.07, 6.45) is 0.774. The highest BCUT2D eigenvalue weighted by Gasteiger charge is 2.07. The number of thiocarbonyl (C=S) groups is 1. The first-order valence-electron chi connectivity index (χ1n) is 5.37. The van der Waals surface area contributed by atoms with Crippen molar-refractivity contribution in [3.05, 3.63) is 30.3 Å². The Morgan fingerprint density at radius 3 is 2.71 bits per heavy atom. The molecule has 2 N–H and O–H groups in total. The number of methoxy groups -OCH3 is 1. The fourth-order valence-electron chi connectivity index (χ4n) is 1.21. The van der Waals surface area contributed by atoms with Gasteiger partial charge in [0.05, 0.1) is 0 Å². The van der Waals surface area contributed by atoms with E-state index in [9.17, 15) is 4.79 Å². The maximum Gasteiger partial charge on any atom is 0.279 e. The van der Waals surface area contributed by atoms with Gasteiger partial charge in [0.1, 0.15) is 0 Å². The molecule has 0 aliphatic heterocycles. The van der Waals surface area contributed by atoms with E-state index in [-0.39, 0.29) is 10.9 Å². The van der Waals surface area contributed by atoms with Crippen LogP contribution in [0.1, 0.15) is 6.42 Å². The molecule has 17 heavy (non-hydrogen) atoms. The van der Waals surface area contributed by atoms with Gasteiger partial charge in [-0.3, -0.25) is 4.79 Å². The molecule has 0 spiro atoms. The molecule has 0 aliphatic rings. The third-order valence-electron chi connectivity index (χ3n) is 2.05. The third kappa shape index (κ3) is 5.42. The summed E-state index contributed by atoms with van der Waals surface area (Å²) in [6.45, 7) is 1.18. The standard InChI is InChI=1S/C12H16N2O2S/c1-16-9-5-8-13-11(15)12(17)14-10-6-3-2-4-7-10/h2-4,6-7H,5,8-9H2,1H3,(H,13,15)(H,14,17). The van der Waals surface area contributed by atoms with Gasteiger partial charge in [0.25, 0.3) is 5.91 Å². The zero-order valence-electron chi connectivity index (χ0n) is 9.73. The minimum Gasteiger partial charge on any atom is -0.385 e. The van der Waals surface area contributed by atoms with E-state index in [1.165, 1.54) is 0 Å². The second-order valence-electron chi connectivity index (χ2n) is 3.42. The van der Waals surface area contributed by atoms with Crippen LogP contribution in [-0.2, 0) is 9.53 Å². The molecule has 0 aromatic heterocycles. The molecule has 0 radical (unpaired) electrons. The molecule has 0 saturated carbocycles.